The van der Waals surface area contributed by atoms with Crippen LogP contribution in [-0.2, 0) is 6.61 Å². The van der Waals surface area contributed by atoms with Crippen LogP contribution in [0.1, 0.15) is 51.7 Å². The normalized spacial score (nSPS) is 11.4. The lowest BCUT2D eigenvalue weighted by Gasteiger charge is -2.27. The zero-order chi connectivity index (χ0) is 15.1. The third-order valence-electron chi connectivity index (χ3n) is 3.54. The maximum Gasteiger partial charge on any atom is 0.131 e. The second-order valence-corrected chi connectivity index (χ2v) is 6.49. The van der Waals surface area contributed by atoms with Gasteiger partial charge in [-0.1, -0.05) is 27.7 Å². The number of rotatable bonds is 8. The summed E-state index contributed by atoms with van der Waals surface area (Å²) in [6, 6.07) is 2.04. The first-order valence-electron chi connectivity index (χ1n) is 7.75. The Hall–Kier alpha value is -1.09. The van der Waals surface area contributed by atoms with Crippen molar-refractivity contribution in [3.63, 3.8) is 0 Å². The lowest BCUT2D eigenvalue weighted by molar-refractivity contribution is 0.281. The molecular formula is C17H30N2O. The summed E-state index contributed by atoms with van der Waals surface area (Å²) in [6.07, 6.45) is 4.15. The number of aromatic nitrogens is 1. The minimum atomic E-state index is 0.0616. The standard InChI is InChI=1S/C17H30N2O/c1-13(2)6-8-19(9-7-14(3)4)17-15(5)10-16(12-20)11-18-17/h10-11,13-14,20H,6-9,12H2,1-5H3. The van der Waals surface area contributed by atoms with Crippen LogP contribution in [0.15, 0.2) is 12.3 Å². The highest BCUT2D eigenvalue weighted by atomic mass is 16.3. The van der Waals surface area contributed by atoms with Gasteiger partial charge in [0.25, 0.3) is 0 Å². The Morgan fingerprint density at radius 2 is 1.65 bits per heavy atom. The molecule has 0 fully saturated rings. The summed E-state index contributed by atoms with van der Waals surface area (Å²) in [4.78, 5) is 6.97. The number of aryl methyl sites for hydroxylation is 1. The Bertz CT molecular complexity index is 390. The first-order chi connectivity index (χ1) is 9.43. The Labute approximate surface area is 124 Å². The third-order valence-corrected chi connectivity index (χ3v) is 3.54. The van der Waals surface area contributed by atoms with Crippen molar-refractivity contribution in [3.8, 4) is 0 Å². The molecule has 0 saturated carbocycles. The van der Waals surface area contributed by atoms with Gasteiger partial charge in [-0.25, -0.2) is 4.98 Å². The molecule has 1 aromatic rings. The third kappa shape index (κ3) is 5.49. The van der Waals surface area contributed by atoms with Crippen LogP contribution in [-0.4, -0.2) is 23.2 Å². The van der Waals surface area contributed by atoms with Crippen molar-refractivity contribution >= 4 is 5.82 Å². The quantitative estimate of drug-likeness (QED) is 0.786. The second kappa shape index (κ2) is 8.25. The van der Waals surface area contributed by atoms with Crippen molar-refractivity contribution in [2.75, 3.05) is 18.0 Å². The van der Waals surface area contributed by atoms with Crippen LogP contribution in [0.4, 0.5) is 5.82 Å². The van der Waals surface area contributed by atoms with E-state index in [1.54, 1.807) is 6.20 Å². The Morgan fingerprint density at radius 1 is 1.10 bits per heavy atom. The maximum atomic E-state index is 9.19. The molecule has 1 rings (SSSR count). The van der Waals surface area contributed by atoms with E-state index < -0.39 is 0 Å². The van der Waals surface area contributed by atoms with E-state index >= 15 is 0 Å². The molecule has 0 bridgehead atoms. The molecule has 0 aliphatic carbocycles. The SMILES string of the molecule is Cc1cc(CO)cnc1N(CCC(C)C)CCC(C)C. The largest absolute Gasteiger partial charge is 0.392 e. The van der Waals surface area contributed by atoms with Crippen LogP contribution in [0.25, 0.3) is 0 Å². The zero-order valence-electron chi connectivity index (χ0n) is 13.7. The lowest BCUT2D eigenvalue weighted by atomic mass is 10.1. The molecule has 0 radical (unpaired) electrons. The van der Waals surface area contributed by atoms with Gasteiger partial charge < -0.3 is 10.0 Å². The average Bonchev–Trinajstić information content (AvgIpc) is 2.39. The highest BCUT2D eigenvalue weighted by Gasteiger charge is 2.12. The van der Waals surface area contributed by atoms with Crippen LogP contribution in [0.5, 0.6) is 0 Å². The fourth-order valence-corrected chi connectivity index (χ4v) is 2.19. The van der Waals surface area contributed by atoms with E-state index in [1.165, 1.54) is 12.8 Å². The van der Waals surface area contributed by atoms with E-state index in [4.69, 9.17) is 0 Å². The van der Waals surface area contributed by atoms with Crippen LogP contribution in [0.2, 0.25) is 0 Å². The van der Waals surface area contributed by atoms with E-state index in [2.05, 4.69) is 44.5 Å². The molecule has 20 heavy (non-hydrogen) atoms. The number of hydrogen-bond donors (Lipinski definition) is 1. The van der Waals surface area contributed by atoms with Crippen molar-refractivity contribution in [1.82, 2.24) is 4.98 Å². The highest BCUT2D eigenvalue weighted by Crippen LogP contribution is 2.20. The topological polar surface area (TPSA) is 36.4 Å². The van der Waals surface area contributed by atoms with Crippen LogP contribution in [0.3, 0.4) is 0 Å². The van der Waals surface area contributed by atoms with Gasteiger partial charge >= 0.3 is 0 Å². The summed E-state index contributed by atoms with van der Waals surface area (Å²) < 4.78 is 0. The van der Waals surface area contributed by atoms with Crippen molar-refractivity contribution < 1.29 is 5.11 Å². The molecule has 0 unspecified atom stereocenters. The molecule has 0 spiro atoms. The summed E-state index contributed by atoms with van der Waals surface area (Å²) >= 11 is 0. The fourth-order valence-electron chi connectivity index (χ4n) is 2.19. The van der Waals surface area contributed by atoms with Crippen LogP contribution >= 0.6 is 0 Å². The number of anilines is 1. The minimum Gasteiger partial charge on any atom is -0.392 e. The molecule has 3 nitrogen and oxygen atoms in total. The number of aliphatic hydroxyl groups is 1. The molecule has 0 aliphatic heterocycles. The summed E-state index contributed by atoms with van der Waals surface area (Å²) in [5.74, 6) is 2.48. The van der Waals surface area contributed by atoms with Crippen molar-refractivity contribution in [2.24, 2.45) is 11.8 Å². The zero-order valence-corrected chi connectivity index (χ0v) is 13.7. The van der Waals surface area contributed by atoms with Gasteiger partial charge in [0, 0.05) is 19.3 Å². The summed E-state index contributed by atoms with van der Waals surface area (Å²) in [5, 5.41) is 9.19. The molecule has 0 saturated heterocycles. The first kappa shape index (κ1) is 17.0. The second-order valence-electron chi connectivity index (χ2n) is 6.49. The van der Waals surface area contributed by atoms with Crippen molar-refractivity contribution in [1.29, 1.82) is 0 Å². The monoisotopic (exact) mass is 278 g/mol. The van der Waals surface area contributed by atoms with E-state index in [-0.39, 0.29) is 6.61 Å². The van der Waals surface area contributed by atoms with Crippen molar-refractivity contribution in [3.05, 3.63) is 23.4 Å². The van der Waals surface area contributed by atoms with E-state index in [9.17, 15) is 5.11 Å². The van der Waals surface area contributed by atoms with Gasteiger partial charge in [0.15, 0.2) is 0 Å². The van der Waals surface area contributed by atoms with Gasteiger partial charge in [0.1, 0.15) is 5.82 Å². The fraction of sp³-hybridized carbons (Fsp3) is 0.706. The Morgan fingerprint density at radius 3 is 2.05 bits per heavy atom. The van der Waals surface area contributed by atoms with Crippen LogP contribution in [0, 0.1) is 18.8 Å². The molecule has 3 heteroatoms. The van der Waals surface area contributed by atoms with Crippen LogP contribution < -0.4 is 4.90 Å². The molecule has 0 aromatic carbocycles. The van der Waals surface area contributed by atoms with Crippen molar-refractivity contribution in [2.45, 2.75) is 54.1 Å². The summed E-state index contributed by atoms with van der Waals surface area (Å²) in [5.41, 5.74) is 2.04. The predicted molar refractivity (Wildman–Crippen MR) is 86.0 cm³/mol. The molecule has 114 valence electrons. The number of aliphatic hydroxyl groups excluding tert-OH is 1. The summed E-state index contributed by atoms with van der Waals surface area (Å²) in [7, 11) is 0. The molecule has 0 aliphatic rings. The molecule has 1 heterocycles. The maximum absolute atomic E-state index is 9.19. The van der Waals surface area contributed by atoms with Gasteiger partial charge in [-0.05, 0) is 48.8 Å². The first-order valence-corrected chi connectivity index (χ1v) is 7.75. The summed E-state index contributed by atoms with van der Waals surface area (Å²) in [6.45, 7) is 13.3. The molecule has 1 N–H and O–H groups in total. The highest BCUT2D eigenvalue weighted by molar-refractivity contribution is 5.47. The molecule has 0 atom stereocenters. The van der Waals surface area contributed by atoms with E-state index in [0.29, 0.717) is 11.8 Å². The van der Waals surface area contributed by atoms with Gasteiger partial charge in [-0.15, -0.1) is 0 Å². The minimum absolute atomic E-state index is 0.0616. The van der Waals surface area contributed by atoms with Gasteiger partial charge in [-0.3, -0.25) is 0 Å². The van der Waals surface area contributed by atoms with Gasteiger partial charge in [-0.2, -0.15) is 0 Å². The van der Waals surface area contributed by atoms with Gasteiger partial charge in [0.2, 0.25) is 0 Å². The molecule has 0 amide bonds. The Kier molecular flexibility index (Phi) is 7.00. The average molecular weight is 278 g/mol. The predicted octanol–water partition coefficient (Wildman–Crippen LogP) is 3.78. The number of hydrogen-bond acceptors (Lipinski definition) is 3. The number of nitrogens with zero attached hydrogens (tertiary/aromatic N) is 2. The molecule has 1 aromatic heterocycles. The van der Waals surface area contributed by atoms with E-state index in [0.717, 1.165) is 30.0 Å². The molecular weight excluding hydrogens is 248 g/mol. The lowest BCUT2D eigenvalue weighted by Crippen LogP contribution is -2.29. The number of pyridine rings is 1. The Balaban J connectivity index is 2.84. The van der Waals surface area contributed by atoms with E-state index in [1.807, 2.05) is 6.07 Å². The smallest absolute Gasteiger partial charge is 0.131 e. The van der Waals surface area contributed by atoms with Gasteiger partial charge in [0.05, 0.1) is 6.61 Å².